The van der Waals surface area contributed by atoms with Gasteiger partial charge in [-0.25, -0.2) is 9.78 Å². The van der Waals surface area contributed by atoms with E-state index in [9.17, 15) is 14.4 Å². The molecule has 1 aromatic carbocycles. The van der Waals surface area contributed by atoms with Crippen molar-refractivity contribution >= 4 is 34.3 Å². The second-order valence-electron chi connectivity index (χ2n) is 4.67. The number of carbonyl (C=O) groups excluding carboxylic acids is 3. The molecule has 0 unspecified atom stereocenters. The van der Waals surface area contributed by atoms with Gasteiger partial charge >= 0.3 is 5.97 Å². The van der Waals surface area contributed by atoms with Crippen LogP contribution in [0, 0.1) is 6.92 Å². The summed E-state index contributed by atoms with van der Waals surface area (Å²) in [7, 11) is 0. The Morgan fingerprint density at radius 1 is 1.25 bits per heavy atom. The monoisotopic (exact) mass is 349 g/mol. The first-order chi connectivity index (χ1) is 11.5. The Morgan fingerprint density at radius 2 is 2.00 bits per heavy atom. The largest absolute Gasteiger partial charge is 0.483 e. The molecule has 1 heterocycles. The Hall–Kier alpha value is -2.94. The summed E-state index contributed by atoms with van der Waals surface area (Å²) in [5.41, 5.74) is 5.88. The normalized spacial score (nSPS) is 10.0. The van der Waals surface area contributed by atoms with Crippen LogP contribution >= 0.6 is 11.3 Å². The molecular formula is C15H15N3O5S. The zero-order chi connectivity index (χ0) is 17.5. The number of nitrogens with one attached hydrogen (secondary N) is 1. The van der Waals surface area contributed by atoms with Crippen molar-refractivity contribution in [3.8, 4) is 5.75 Å². The van der Waals surface area contributed by atoms with Crippen LogP contribution in [0.2, 0.25) is 0 Å². The van der Waals surface area contributed by atoms with Gasteiger partial charge in [0, 0.05) is 5.38 Å². The molecule has 1 aromatic heterocycles. The molecule has 24 heavy (non-hydrogen) atoms. The van der Waals surface area contributed by atoms with Gasteiger partial charge in [-0.15, -0.1) is 11.3 Å². The number of primary amides is 1. The lowest BCUT2D eigenvalue weighted by atomic mass is 10.2. The van der Waals surface area contributed by atoms with E-state index in [2.05, 4.69) is 10.3 Å². The number of esters is 1. The van der Waals surface area contributed by atoms with Crippen LogP contribution in [0.15, 0.2) is 29.6 Å². The van der Waals surface area contributed by atoms with Crippen LogP contribution in [0.25, 0.3) is 0 Å². The van der Waals surface area contributed by atoms with E-state index in [0.29, 0.717) is 5.13 Å². The number of anilines is 1. The van der Waals surface area contributed by atoms with Crippen molar-refractivity contribution in [2.24, 2.45) is 5.73 Å². The molecular weight excluding hydrogens is 334 g/mol. The lowest BCUT2D eigenvalue weighted by Crippen LogP contribution is -2.22. The molecule has 3 N–H and O–H groups in total. The molecule has 8 nitrogen and oxygen atoms in total. The van der Waals surface area contributed by atoms with E-state index in [1.54, 1.807) is 24.4 Å². The highest BCUT2D eigenvalue weighted by Crippen LogP contribution is 2.19. The molecule has 0 saturated heterocycles. The van der Waals surface area contributed by atoms with Crippen molar-refractivity contribution in [1.82, 2.24) is 4.98 Å². The van der Waals surface area contributed by atoms with E-state index >= 15 is 0 Å². The van der Waals surface area contributed by atoms with Crippen LogP contribution in [0.3, 0.4) is 0 Å². The fraction of sp³-hybridized carbons (Fsp3) is 0.200. The Bertz CT molecular complexity index is 759. The van der Waals surface area contributed by atoms with Crippen molar-refractivity contribution in [2.75, 3.05) is 18.5 Å². The number of para-hydroxylation sites is 1. The SMILES string of the molecule is Cc1csc(NC(=O)COC(=O)c2ccccc2OCC(N)=O)n1. The average Bonchev–Trinajstić information content (AvgIpc) is 2.95. The first-order valence-corrected chi connectivity index (χ1v) is 7.73. The molecule has 0 aliphatic carbocycles. The summed E-state index contributed by atoms with van der Waals surface area (Å²) in [6.45, 7) is 0.963. The zero-order valence-electron chi connectivity index (χ0n) is 12.8. The van der Waals surface area contributed by atoms with Gasteiger partial charge in [0.1, 0.15) is 11.3 Å². The molecule has 0 bridgehead atoms. The predicted molar refractivity (Wildman–Crippen MR) is 86.9 cm³/mol. The van der Waals surface area contributed by atoms with Gasteiger partial charge in [0.05, 0.1) is 5.69 Å². The van der Waals surface area contributed by atoms with Gasteiger partial charge in [-0.1, -0.05) is 12.1 Å². The van der Waals surface area contributed by atoms with Crippen LogP contribution in [0.1, 0.15) is 16.1 Å². The van der Waals surface area contributed by atoms with Gasteiger partial charge < -0.3 is 15.2 Å². The Labute approximate surface area is 141 Å². The lowest BCUT2D eigenvalue weighted by Gasteiger charge is -2.09. The number of hydrogen-bond acceptors (Lipinski definition) is 7. The highest BCUT2D eigenvalue weighted by molar-refractivity contribution is 7.13. The number of hydrogen-bond donors (Lipinski definition) is 2. The molecule has 0 radical (unpaired) electrons. The fourth-order valence-electron chi connectivity index (χ4n) is 1.69. The van der Waals surface area contributed by atoms with Crippen LogP contribution in [-0.4, -0.2) is 36.0 Å². The molecule has 0 fully saturated rings. The summed E-state index contributed by atoms with van der Waals surface area (Å²) in [6.07, 6.45) is 0. The summed E-state index contributed by atoms with van der Waals surface area (Å²) in [5, 5.41) is 4.74. The third kappa shape index (κ3) is 5.06. The Balaban J connectivity index is 1.92. The van der Waals surface area contributed by atoms with Crippen LogP contribution in [0.5, 0.6) is 5.75 Å². The highest BCUT2D eigenvalue weighted by Gasteiger charge is 2.16. The number of thiazole rings is 1. The van der Waals surface area contributed by atoms with Gasteiger partial charge in [-0.2, -0.15) is 0 Å². The summed E-state index contributed by atoms with van der Waals surface area (Å²) < 4.78 is 10.1. The maximum atomic E-state index is 12.1. The van der Waals surface area contributed by atoms with Crippen molar-refractivity contribution < 1.29 is 23.9 Å². The van der Waals surface area contributed by atoms with E-state index in [1.165, 1.54) is 23.5 Å². The Kier molecular flexibility index (Phi) is 5.85. The van der Waals surface area contributed by atoms with Crippen molar-refractivity contribution in [3.63, 3.8) is 0 Å². The van der Waals surface area contributed by atoms with E-state index in [0.717, 1.165) is 5.69 Å². The summed E-state index contributed by atoms with van der Waals surface area (Å²) in [4.78, 5) is 38.6. The van der Waals surface area contributed by atoms with Gasteiger partial charge in [-0.05, 0) is 19.1 Å². The maximum absolute atomic E-state index is 12.1. The molecule has 0 aliphatic rings. The van der Waals surface area contributed by atoms with Gasteiger partial charge in [0.25, 0.3) is 11.8 Å². The molecule has 9 heteroatoms. The number of rotatable bonds is 7. The summed E-state index contributed by atoms with van der Waals surface area (Å²) >= 11 is 1.27. The zero-order valence-corrected chi connectivity index (χ0v) is 13.6. The Morgan fingerprint density at radius 3 is 2.67 bits per heavy atom. The molecule has 0 atom stereocenters. The molecule has 2 aromatic rings. The number of aryl methyl sites for hydroxylation is 1. The first-order valence-electron chi connectivity index (χ1n) is 6.85. The number of nitrogens with zero attached hydrogens (tertiary/aromatic N) is 1. The molecule has 0 saturated carbocycles. The fourth-order valence-corrected chi connectivity index (χ4v) is 2.39. The standard InChI is InChI=1S/C15H15N3O5S/c1-9-8-24-15(17-9)18-13(20)7-23-14(21)10-4-2-3-5-11(10)22-6-12(16)19/h2-5,8H,6-7H2,1H3,(H2,16,19)(H,17,18,20). The smallest absolute Gasteiger partial charge is 0.342 e. The van der Waals surface area contributed by atoms with Crippen LogP contribution in [-0.2, 0) is 14.3 Å². The molecule has 2 rings (SSSR count). The van der Waals surface area contributed by atoms with E-state index in [1.807, 2.05) is 0 Å². The number of amides is 2. The lowest BCUT2D eigenvalue weighted by molar-refractivity contribution is -0.120. The average molecular weight is 349 g/mol. The first kappa shape index (κ1) is 17.4. The minimum absolute atomic E-state index is 0.0941. The van der Waals surface area contributed by atoms with Crippen molar-refractivity contribution in [1.29, 1.82) is 0 Å². The summed E-state index contributed by atoms with van der Waals surface area (Å²) in [6, 6.07) is 6.19. The van der Waals surface area contributed by atoms with Gasteiger partial charge in [-0.3, -0.25) is 14.9 Å². The van der Waals surface area contributed by atoms with Crippen molar-refractivity contribution in [2.45, 2.75) is 6.92 Å². The quantitative estimate of drug-likeness (QED) is 0.722. The maximum Gasteiger partial charge on any atom is 0.342 e. The van der Waals surface area contributed by atoms with Crippen LogP contribution < -0.4 is 15.8 Å². The topological polar surface area (TPSA) is 121 Å². The van der Waals surface area contributed by atoms with E-state index in [4.69, 9.17) is 15.2 Å². The number of aromatic nitrogens is 1. The van der Waals surface area contributed by atoms with Crippen molar-refractivity contribution in [3.05, 3.63) is 40.9 Å². The van der Waals surface area contributed by atoms with Crippen LogP contribution in [0.4, 0.5) is 5.13 Å². The molecule has 0 spiro atoms. The minimum atomic E-state index is -0.750. The minimum Gasteiger partial charge on any atom is -0.483 e. The number of ether oxygens (including phenoxy) is 2. The third-order valence-corrected chi connectivity index (χ3v) is 3.55. The molecule has 0 aliphatic heterocycles. The van der Waals surface area contributed by atoms with E-state index in [-0.39, 0.29) is 17.9 Å². The third-order valence-electron chi connectivity index (χ3n) is 2.68. The second-order valence-corrected chi connectivity index (χ2v) is 5.53. The number of nitrogens with two attached hydrogens (primary N) is 1. The molecule has 2 amide bonds. The number of carbonyl (C=O) groups is 3. The molecule has 126 valence electrons. The number of benzene rings is 1. The highest BCUT2D eigenvalue weighted by atomic mass is 32.1. The second kappa shape index (κ2) is 8.06. The predicted octanol–water partition coefficient (Wildman–Crippen LogP) is 1.11. The summed E-state index contributed by atoms with van der Waals surface area (Å²) in [5.74, 6) is -1.78. The van der Waals surface area contributed by atoms with Gasteiger partial charge in [0.15, 0.2) is 18.3 Å². The van der Waals surface area contributed by atoms with Gasteiger partial charge in [0.2, 0.25) is 0 Å². The van der Waals surface area contributed by atoms with E-state index < -0.39 is 24.4 Å².